The van der Waals surface area contributed by atoms with Gasteiger partial charge in [0.15, 0.2) is 0 Å². The minimum atomic E-state index is -0.452. The Labute approximate surface area is 105 Å². The molecule has 0 amide bonds. The molecule has 0 spiro atoms. The summed E-state index contributed by atoms with van der Waals surface area (Å²) in [5.41, 5.74) is 2.39. The number of aliphatic imine (C=N–C) groups is 1. The predicted molar refractivity (Wildman–Crippen MR) is 66.5 cm³/mol. The van der Waals surface area contributed by atoms with E-state index in [0.717, 1.165) is 35.3 Å². The Kier molecular flexibility index (Phi) is 2.98. The molecule has 1 aromatic rings. The third-order valence-electron chi connectivity index (χ3n) is 3.31. The molecule has 1 aliphatic carbocycles. The van der Waals surface area contributed by atoms with Crippen LogP contribution in [0.4, 0.5) is 0 Å². The van der Waals surface area contributed by atoms with Crippen LogP contribution in [0.1, 0.15) is 29.5 Å². The summed E-state index contributed by atoms with van der Waals surface area (Å²) in [7, 11) is 1.62. The van der Waals surface area contributed by atoms with Crippen LogP contribution in [0.5, 0.6) is 5.75 Å². The number of halogens is 1. The van der Waals surface area contributed by atoms with Gasteiger partial charge in [0.05, 0.1) is 7.11 Å². The van der Waals surface area contributed by atoms with Gasteiger partial charge in [-0.05, 0) is 43.9 Å². The van der Waals surface area contributed by atoms with Crippen LogP contribution in [0.3, 0.4) is 0 Å². The van der Waals surface area contributed by atoms with Crippen molar-refractivity contribution in [1.82, 2.24) is 0 Å². The van der Waals surface area contributed by atoms with Gasteiger partial charge in [-0.2, -0.15) is 4.99 Å². The Morgan fingerprint density at radius 1 is 1.47 bits per heavy atom. The van der Waals surface area contributed by atoms with Gasteiger partial charge < -0.3 is 4.74 Å². The SMILES string of the molecule is COc1c(C)cc(Cl)c(C)c1C1(N=C=O)CC1. The number of isocyanates is 1. The van der Waals surface area contributed by atoms with E-state index in [9.17, 15) is 4.79 Å². The fraction of sp³-hybridized carbons (Fsp3) is 0.462. The molecule has 3 nitrogen and oxygen atoms in total. The van der Waals surface area contributed by atoms with E-state index >= 15 is 0 Å². The number of carbonyl (C=O) groups excluding carboxylic acids is 1. The maximum absolute atomic E-state index is 10.5. The quantitative estimate of drug-likeness (QED) is 0.611. The third-order valence-corrected chi connectivity index (χ3v) is 3.71. The lowest BCUT2D eigenvalue weighted by Gasteiger charge is -2.19. The van der Waals surface area contributed by atoms with Gasteiger partial charge in [0.2, 0.25) is 6.08 Å². The van der Waals surface area contributed by atoms with Crippen LogP contribution in [-0.4, -0.2) is 13.2 Å². The van der Waals surface area contributed by atoms with E-state index in [4.69, 9.17) is 16.3 Å². The fourth-order valence-corrected chi connectivity index (χ4v) is 2.56. The fourth-order valence-electron chi connectivity index (χ4n) is 2.30. The molecular weight excluding hydrogens is 238 g/mol. The number of rotatable bonds is 3. The highest BCUT2D eigenvalue weighted by molar-refractivity contribution is 6.31. The van der Waals surface area contributed by atoms with E-state index in [1.54, 1.807) is 13.2 Å². The average molecular weight is 252 g/mol. The lowest BCUT2D eigenvalue weighted by molar-refractivity contribution is 0.400. The van der Waals surface area contributed by atoms with E-state index in [0.29, 0.717) is 5.02 Å². The molecule has 0 atom stereocenters. The van der Waals surface area contributed by atoms with Crippen LogP contribution in [0.25, 0.3) is 0 Å². The predicted octanol–water partition coefficient (Wildman–Crippen LogP) is 3.29. The number of ether oxygens (including phenoxy) is 1. The van der Waals surface area contributed by atoms with Crippen LogP contribution in [0.15, 0.2) is 11.1 Å². The molecule has 1 fully saturated rings. The molecule has 0 saturated heterocycles. The highest BCUT2D eigenvalue weighted by Crippen LogP contribution is 2.55. The number of hydrogen-bond donors (Lipinski definition) is 0. The molecule has 0 unspecified atom stereocenters. The Morgan fingerprint density at radius 3 is 2.59 bits per heavy atom. The van der Waals surface area contributed by atoms with Crippen molar-refractivity contribution in [3.05, 3.63) is 27.8 Å². The number of benzene rings is 1. The molecule has 90 valence electrons. The zero-order valence-corrected chi connectivity index (χ0v) is 10.9. The summed E-state index contributed by atoms with van der Waals surface area (Å²) in [6, 6.07) is 1.87. The second-order valence-electron chi connectivity index (χ2n) is 4.44. The monoisotopic (exact) mass is 251 g/mol. The lowest BCUT2D eigenvalue weighted by Crippen LogP contribution is -2.09. The van der Waals surface area contributed by atoms with E-state index < -0.39 is 5.54 Å². The van der Waals surface area contributed by atoms with Crippen molar-refractivity contribution in [2.45, 2.75) is 32.2 Å². The number of hydrogen-bond acceptors (Lipinski definition) is 3. The van der Waals surface area contributed by atoms with Crippen molar-refractivity contribution >= 4 is 17.7 Å². The maximum atomic E-state index is 10.5. The summed E-state index contributed by atoms with van der Waals surface area (Å²) < 4.78 is 5.44. The smallest absolute Gasteiger partial charge is 0.235 e. The van der Waals surface area contributed by atoms with Crippen molar-refractivity contribution in [3.8, 4) is 5.75 Å². The summed E-state index contributed by atoms with van der Waals surface area (Å²) in [5, 5.41) is 0.686. The molecule has 1 aromatic carbocycles. The van der Waals surface area contributed by atoms with E-state index in [1.165, 1.54) is 0 Å². The zero-order valence-electron chi connectivity index (χ0n) is 10.1. The van der Waals surface area contributed by atoms with Gasteiger partial charge in [0, 0.05) is 10.6 Å². The minimum absolute atomic E-state index is 0.452. The number of aryl methyl sites for hydroxylation is 1. The molecular formula is C13H14ClNO2. The van der Waals surface area contributed by atoms with E-state index in [-0.39, 0.29) is 0 Å². The Balaban J connectivity index is 2.71. The van der Waals surface area contributed by atoms with Crippen LogP contribution in [0, 0.1) is 13.8 Å². The van der Waals surface area contributed by atoms with Gasteiger partial charge in [0.1, 0.15) is 11.3 Å². The Morgan fingerprint density at radius 2 is 2.12 bits per heavy atom. The lowest BCUT2D eigenvalue weighted by atomic mass is 9.95. The van der Waals surface area contributed by atoms with E-state index in [2.05, 4.69) is 4.99 Å². The van der Waals surface area contributed by atoms with Gasteiger partial charge >= 0.3 is 0 Å². The van der Waals surface area contributed by atoms with Gasteiger partial charge in [-0.25, -0.2) is 4.79 Å². The first kappa shape index (κ1) is 12.2. The molecule has 0 N–H and O–H groups in total. The zero-order chi connectivity index (χ0) is 12.6. The highest BCUT2D eigenvalue weighted by atomic mass is 35.5. The van der Waals surface area contributed by atoms with Crippen molar-refractivity contribution in [2.24, 2.45) is 4.99 Å². The largest absolute Gasteiger partial charge is 0.496 e. The minimum Gasteiger partial charge on any atom is -0.496 e. The normalized spacial score (nSPS) is 16.2. The number of nitrogens with zero attached hydrogens (tertiary/aromatic N) is 1. The van der Waals surface area contributed by atoms with Crippen LogP contribution >= 0.6 is 11.6 Å². The first-order valence-electron chi connectivity index (χ1n) is 5.49. The Hall–Kier alpha value is -1.31. The molecule has 1 aliphatic rings. The number of methoxy groups -OCH3 is 1. The molecule has 0 radical (unpaired) electrons. The molecule has 0 bridgehead atoms. The summed E-state index contributed by atoms with van der Waals surface area (Å²) in [6.45, 7) is 3.87. The third kappa shape index (κ3) is 1.86. The van der Waals surface area contributed by atoms with Crippen molar-refractivity contribution < 1.29 is 9.53 Å². The highest BCUT2D eigenvalue weighted by Gasteiger charge is 2.48. The summed E-state index contributed by atoms with van der Waals surface area (Å²) in [5.74, 6) is 0.781. The topological polar surface area (TPSA) is 38.7 Å². The molecule has 0 aliphatic heterocycles. The van der Waals surface area contributed by atoms with Crippen LogP contribution < -0.4 is 4.74 Å². The van der Waals surface area contributed by atoms with Crippen LogP contribution in [-0.2, 0) is 10.3 Å². The average Bonchev–Trinajstić information content (AvgIpc) is 3.04. The first-order chi connectivity index (χ1) is 8.05. The van der Waals surface area contributed by atoms with Gasteiger partial charge in [-0.1, -0.05) is 11.6 Å². The van der Waals surface area contributed by atoms with Crippen molar-refractivity contribution in [2.75, 3.05) is 7.11 Å². The molecule has 2 rings (SSSR count). The van der Waals surface area contributed by atoms with Gasteiger partial charge in [-0.3, -0.25) is 0 Å². The summed E-state index contributed by atoms with van der Waals surface area (Å²) >= 11 is 6.19. The molecule has 0 heterocycles. The Bertz CT molecular complexity index is 515. The first-order valence-corrected chi connectivity index (χ1v) is 5.87. The molecule has 4 heteroatoms. The maximum Gasteiger partial charge on any atom is 0.235 e. The molecule has 0 aromatic heterocycles. The molecule has 1 saturated carbocycles. The van der Waals surface area contributed by atoms with Gasteiger partial charge in [0.25, 0.3) is 0 Å². The van der Waals surface area contributed by atoms with Crippen molar-refractivity contribution in [1.29, 1.82) is 0 Å². The second kappa shape index (κ2) is 4.17. The summed E-state index contributed by atoms with van der Waals surface area (Å²) in [6.07, 6.45) is 3.36. The van der Waals surface area contributed by atoms with E-state index in [1.807, 2.05) is 19.9 Å². The second-order valence-corrected chi connectivity index (χ2v) is 4.85. The summed E-state index contributed by atoms with van der Waals surface area (Å²) in [4.78, 5) is 14.5. The van der Waals surface area contributed by atoms with Gasteiger partial charge in [-0.15, -0.1) is 0 Å². The van der Waals surface area contributed by atoms with Crippen LogP contribution in [0.2, 0.25) is 5.02 Å². The van der Waals surface area contributed by atoms with Crippen molar-refractivity contribution in [3.63, 3.8) is 0 Å². The standard InChI is InChI=1S/C13H14ClNO2/c1-8-6-10(14)9(2)11(12(8)17-3)13(4-5-13)15-7-16/h6H,4-5H2,1-3H3. The molecule has 17 heavy (non-hydrogen) atoms.